The molecule has 8 heteroatoms. The smallest absolute Gasteiger partial charge is 0.320 e. The maximum atomic E-state index is 13.3. The minimum atomic E-state index is -0.896. The number of fused-ring (bicyclic) bond motifs is 1. The molecule has 0 saturated heterocycles. The highest BCUT2D eigenvalue weighted by atomic mass is 79.9. The number of carbonyl (C=O) groups excluding carboxylic acids is 3. The van der Waals surface area contributed by atoms with E-state index in [2.05, 4.69) is 32.0 Å². The van der Waals surface area contributed by atoms with Crippen LogP contribution < -0.4 is 16.1 Å². The second kappa shape index (κ2) is 9.76. The lowest BCUT2D eigenvalue weighted by molar-refractivity contribution is -0.133. The second-order valence-corrected chi connectivity index (χ2v) is 9.42. The molecule has 1 aromatic heterocycles. The zero-order valence-corrected chi connectivity index (χ0v) is 21.4. The molecule has 0 atom stereocenters. The van der Waals surface area contributed by atoms with Crippen LogP contribution in [0, 0.1) is 27.7 Å². The van der Waals surface area contributed by atoms with Gasteiger partial charge in [0.1, 0.15) is 5.69 Å². The quantitative estimate of drug-likeness (QED) is 0.299. The Bertz CT molecular complexity index is 1470. The molecule has 3 N–H and O–H groups in total. The van der Waals surface area contributed by atoms with Crippen LogP contribution in [0.5, 0.6) is 0 Å². The van der Waals surface area contributed by atoms with Gasteiger partial charge in [-0.2, -0.15) is 0 Å². The average Bonchev–Trinajstić information content (AvgIpc) is 3.16. The summed E-state index contributed by atoms with van der Waals surface area (Å²) in [6.45, 7) is 7.57. The van der Waals surface area contributed by atoms with Crippen molar-refractivity contribution in [2.75, 3.05) is 16.1 Å². The van der Waals surface area contributed by atoms with Crippen molar-refractivity contribution in [3.05, 3.63) is 93.1 Å². The summed E-state index contributed by atoms with van der Waals surface area (Å²) in [7, 11) is 0. The van der Waals surface area contributed by atoms with Crippen LogP contribution in [-0.2, 0) is 9.59 Å². The molecule has 0 saturated carbocycles. The Morgan fingerprint density at radius 3 is 2.20 bits per heavy atom. The minimum Gasteiger partial charge on any atom is -0.320 e. The van der Waals surface area contributed by atoms with Crippen molar-refractivity contribution in [1.82, 2.24) is 4.68 Å². The Morgan fingerprint density at radius 1 is 0.771 bits per heavy atom. The molecule has 35 heavy (non-hydrogen) atoms. The van der Waals surface area contributed by atoms with Crippen molar-refractivity contribution in [1.29, 1.82) is 0 Å². The van der Waals surface area contributed by atoms with Crippen molar-refractivity contribution in [2.45, 2.75) is 27.7 Å². The molecule has 3 aromatic carbocycles. The Labute approximate surface area is 211 Å². The Kier molecular flexibility index (Phi) is 6.75. The summed E-state index contributed by atoms with van der Waals surface area (Å²) < 4.78 is 2.17. The molecule has 0 aliphatic carbocycles. The normalized spacial score (nSPS) is 10.8. The van der Waals surface area contributed by atoms with Crippen LogP contribution in [-0.4, -0.2) is 22.4 Å². The fraction of sp³-hybridized carbons (Fsp3) is 0.148. The summed E-state index contributed by atoms with van der Waals surface area (Å²) in [4.78, 5) is 38.9. The Hall–Kier alpha value is -3.91. The number of hydrogen-bond donors (Lipinski definition) is 3. The van der Waals surface area contributed by atoms with Crippen LogP contribution in [0.4, 0.5) is 11.4 Å². The first-order valence-corrected chi connectivity index (χ1v) is 11.8. The molecule has 7 nitrogen and oxygen atoms in total. The van der Waals surface area contributed by atoms with Gasteiger partial charge in [-0.05, 0) is 80.3 Å². The van der Waals surface area contributed by atoms with Gasteiger partial charge in [0.05, 0.1) is 5.52 Å². The van der Waals surface area contributed by atoms with Crippen LogP contribution in [0.3, 0.4) is 0 Å². The molecule has 4 aromatic rings. The predicted octanol–water partition coefficient (Wildman–Crippen LogP) is 5.60. The molecule has 0 aliphatic rings. The molecule has 0 bridgehead atoms. The van der Waals surface area contributed by atoms with Crippen molar-refractivity contribution >= 4 is 55.9 Å². The number of rotatable bonds is 4. The van der Waals surface area contributed by atoms with E-state index in [1.807, 2.05) is 64.1 Å². The number of anilines is 2. The first-order valence-electron chi connectivity index (χ1n) is 11.0. The first-order chi connectivity index (χ1) is 16.6. The lowest BCUT2D eigenvalue weighted by Gasteiger charge is -2.15. The van der Waals surface area contributed by atoms with E-state index in [1.165, 1.54) is 4.68 Å². The number of para-hydroxylation sites is 1. The van der Waals surface area contributed by atoms with E-state index in [4.69, 9.17) is 0 Å². The molecule has 0 fully saturated rings. The fourth-order valence-electron chi connectivity index (χ4n) is 3.86. The lowest BCUT2D eigenvalue weighted by Crippen LogP contribution is -2.36. The van der Waals surface area contributed by atoms with Gasteiger partial charge in [-0.1, -0.05) is 46.3 Å². The summed E-state index contributed by atoms with van der Waals surface area (Å²) >= 11 is 3.44. The third kappa shape index (κ3) is 5.12. The third-order valence-electron chi connectivity index (χ3n) is 5.78. The van der Waals surface area contributed by atoms with Gasteiger partial charge in [-0.3, -0.25) is 19.8 Å². The van der Waals surface area contributed by atoms with Crippen LogP contribution >= 0.6 is 15.9 Å². The van der Waals surface area contributed by atoms with Crippen molar-refractivity contribution < 1.29 is 14.4 Å². The average molecular weight is 533 g/mol. The highest BCUT2D eigenvalue weighted by Crippen LogP contribution is 2.25. The summed E-state index contributed by atoms with van der Waals surface area (Å²) in [5.74, 6) is -2.14. The summed E-state index contributed by atoms with van der Waals surface area (Å²) in [6, 6.07) is 18.4. The van der Waals surface area contributed by atoms with E-state index in [9.17, 15) is 14.4 Å². The van der Waals surface area contributed by atoms with E-state index in [0.29, 0.717) is 16.9 Å². The van der Waals surface area contributed by atoms with E-state index >= 15 is 0 Å². The van der Waals surface area contributed by atoms with E-state index in [0.717, 1.165) is 32.1 Å². The Morgan fingerprint density at radius 2 is 1.49 bits per heavy atom. The third-order valence-corrected chi connectivity index (χ3v) is 6.27. The number of aryl methyl sites for hydroxylation is 4. The highest BCUT2D eigenvalue weighted by Gasteiger charge is 2.22. The van der Waals surface area contributed by atoms with E-state index < -0.39 is 17.7 Å². The molecule has 0 spiro atoms. The molecule has 0 radical (unpaired) electrons. The largest absolute Gasteiger partial charge is 0.328 e. The number of amides is 3. The Balaban J connectivity index is 1.66. The number of halogens is 1. The van der Waals surface area contributed by atoms with Crippen LogP contribution in [0.15, 0.2) is 65.1 Å². The fourth-order valence-corrected chi connectivity index (χ4v) is 4.24. The highest BCUT2D eigenvalue weighted by molar-refractivity contribution is 9.10. The summed E-state index contributed by atoms with van der Waals surface area (Å²) in [5, 5.41) is 6.32. The van der Waals surface area contributed by atoms with E-state index in [-0.39, 0.29) is 5.69 Å². The summed E-state index contributed by atoms with van der Waals surface area (Å²) in [5.41, 5.74) is 8.24. The van der Waals surface area contributed by atoms with Gasteiger partial charge in [0, 0.05) is 21.2 Å². The maximum Gasteiger partial charge on any atom is 0.328 e. The van der Waals surface area contributed by atoms with Gasteiger partial charge in [-0.15, -0.1) is 0 Å². The number of nitrogens with zero attached hydrogens (tertiary/aromatic N) is 1. The van der Waals surface area contributed by atoms with Crippen molar-refractivity contribution in [2.24, 2.45) is 0 Å². The van der Waals surface area contributed by atoms with Gasteiger partial charge in [0.2, 0.25) is 0 Å². The zero-order chi connectivity index (χ0) is 25.3. The second-order valence-electron chi connectivity index (χ2n) is 8.50. The zero-order valence-electron chi connectivity index (χ0n) is 19.8. The molecular formula is C27H25BrN4O3. The van der Waals surface area contributed by atoms with Crippen LogP contribution in [0.25, 0.3) is 10.9 Å². The standard InChI is InChI=1S/C27H25BrN4O3/c1-15-8-9-16(2)21(12-15)29-26(34)27(35)31-32-22-11-10-20(28)13-19(22)14-23(32)25(33)30-24-17(3)6-5-7-18(24)4/h5-14H,1-4H3,(H,29,34)(H,30,33)(H,31,35). The number of nitrogens with one attached hydrogen (secondary N) is 3. The molecule has 0 aliphatic heterocycles. The molecule has 0 unspecified atom stereocenters. The maximum absolute atomic E-state index is 13.3. The topological polar surface area (TPSA) is 92.2 Å². The number of benzene rings is 3. The summed E-state index contributed by atoms with van der Waals surface area (Å²) in [6.07, 6.45) is 0. The van der Waals surface area contributed by atoms with Gasteiger partial charge >= 0.3 is 11.8 Å². The van der Waals surface area contributed by atoms with Gasteiger partial charge < -0.3 is 10.6 Å². The number of hydrogen-bond acceptors (Lipinski definition) is 3. The monoisotopic (exact) mass is 532 g/mol. The number of carbonyl (C=O) groups is 3. The first kappa shape index (κ1) is 24.2. The van der Waals surface area contributed by atoms with Gasteiger partial charge in [0.25, 0.3) is 5.91 Å². The molecular weight excluding hydrogens is 508 g/mol. The van der Waals surface area contributed by atoms with Gasteiger partial charge in [-0.25, -0.2) is 4.68 Å². The predicted molar refractivity (Wildman–Crippen MR) is 142 cm³/mol. The van der Waals surface area contributed by atoms with Crippen LogP contribution in [0.2, 0.25) is 0 Å². The molecule has 178 valence electrons. The van der Waals surface area contributed by atoms with Gasteiger partial charge in [0.15, 0.2) is 0 Å². The lowest BCUT2D eigenvalue weighted by atomic mass is 10.1. The molecule has 4 rings (SSSR count). The van der Waals surface area contributed by atoms with Crippen LogP contribution in [0.1, 0.15) is 32.7 Å². The minimum absolute atomic E-state index is 0.189. The van der Waals surface area contributed by atoms with E-state index in [1.54, 1.807) is 24.3 Å². The van der Waals surface area contributed by atoms with Crippen molar-refractivity contribution in [3.63, 3.8) is 0 Å². The molecule has 3 amide bonds. The van der Waals surface area contributed by atoms with Crippen molar-refractivity contribution in [3.8, 4) is 0 Å². The molecule has 1 heterocycles. The number of aromatic nitrogens is 1. The SMILES string of the molecule is Cc1ccc(C)c(NC(=O)C(=O)Nn2c(C(=O)Nc3c(C)cccc3C)cc3cc(Br)ccc32)c1.